The second-order valence-corrected chi connectivity index (χ2v) is 5.39. The zero-order valence-corrected chi connectivity index (χ0v) is 11.9. The van der Waals surface area contributed by atoms with Crippen LogP contribution in [-0.4, -0.2) is 47.2 Å². The fourth-order valence-corrected chi connectivity index (χ4v) is 2.62. The average Bonchev–Trinajstić information content (AvgIpc) is 2.89. The van der Waals surface area contributed by atoms with Gasteiger partial charge in [-0.3, -0.25) is 4.90 Å². The quantitative estimate of drug-likeness (QED) is 0.871. The van der Waals surface area contributed by atoms with E-state index in [2.05, 4.69) is 0 Å². The zero-order chi connectivity index (χ0) is 16.5. The molecule has 1 atom stereocenters. The van der Waals surface area contributed by atoms with E-state index >= 15 is 0 Å². The van der Waals surface area contributed by atoms with Crippen molar-refractivity contribution in [3.8, 4) is 0 Å². The van der Waals surface area contributed by atoms with E-state index in [1.807, 2.05) is 0 Å². The number of likely N-dealkylation sites (N-methyl/N-ethyl adjacent to an activating group) is 1. The Kier molecular flexibility index (Phi) is 4.60. The molecule has 122 valence electrons. The highest BCUT2D eigenvalue weighted by Gasteiger charge is 2.35. The molecule has 1 heterocycles. The van der Waals surface area contributed by atoms with E-state index in [1.165, 1.54) is 4.90 Å². The van der Waals surface area contributed by atoms with Crippen LogP contribution >= 0.6 is 0 Å². The molecule has 1 amide bonds. The Morgan fingerprint density at radius 3 is 2.68 bits per heavy atom. The smallest absolute Gasteiger partial charge is 0.416 e. The lowest BCUT2D eigenvalue weighted by atomic mass is 10.1. The first-order chi connectivity index (χ1) is 10.2. The Morgan fingerprint density at radius 1 is 1.45 bits per heavy atom. The molecule has 1 fully saturated rings. The fraction of sp³-hybridized carbons (Fsp3) is 0.500. The van der Waals surface area contributed by atoms with Gasteiger partial charge >= 0.3 is 12.3 Å². The summed E-state index contributed by atoms with van der Waals surface area (Å²) in [6.07, 6.45) is -5.10. The van der Waals surface area contributed by atoms with E-state index in [1.54, 1.807) is 11.9 Å². The highest BCUT2D eigenvalue weighted by Crippen LogP contribution is 2.33. The van der Waals surface area contributed by atoms with Gasteiger partial charge in [-0.15, -0.1) is 0 Å². The predicted octanol–water partition coefficient (Wildman–Crippen LogP) is 3.03. The van der Waals surface area contributed by atoms with Crippen LogP contribution in [0.3, 0.4) is 0 Å². The van der Waals surface area contributed by atoms with Crippen LogP contribution in [0.2, 0.25) is 0 Å². The van der Waals surface area contributed by atoms with Crippen molar-refractivity contribution in [3.05, 3.63) is 35.1 Å². The van der Waals surface area contributed by atoms with Gasteiger partial charge in [0.25, 0.3) is 0 Å². The number of carboxylic acid groups (broad SMARTS) is 1. The summed E-state index contributed by atoms with van der Waals surface area (Å²) in [6, 6.07) is 2.46. The number of amides is 1. The van der Waals surface area contributed by atoms with Crippen LogP contribution in [-0.2, 0) is 12.7 Å². The number of hydrogen-bond acceptors (Lipinski definition) is 2. The Morgan fingerprint density at radius 2 is 2.14 bits per heavy atom. The summed E-state index contributed by atoms with van der Waals surface area (Å²) >= 11 is 0. The number of alkyl halides is 3. The van der Waals surface area contributed by atoms with Crippen molar-refractivity contribution < 1.29 is 27.5 Å². The van der Waals surface area contributed by atoms with Crippen molar-refractivity contribution in [2.45, 2.75) is 25.2 Å². The number of nitrogens with zero attached hydrogens (tertiary/aromatic N) is 2. The maximum absolute atomic E-state index is 13.1. The highest BCUT2D eigenvalue weighted by atomic mass is 19.4. The minimum Gasteiger partial charge on any atom is -0.465 e. The Labute approximate surface area is 124 Å². The number of benzene rings is 1. The maximum atomic E-state index is 13.1. The second-order valence-electron chi connectivity index (χ2n) is 5.39. The molecular formula is C14H16F4N2O2. The molecule has 1 aliphatic rings. The van der Waals surface area contributed by atoms with Gasteiger partial charge in [0.2, 0.25) is 0 Å². The van der Waals surface area contributed by atoms with Crippen LogP contribution in [0.5, 0.6) is 0 Å². The average molecular weight is 320 g/mol. The summed E-state index contributed by atoms with van der Waals surface area (Å²) in [5.41, 5.74) is -1.02. The molecule has 1 aliphatic heterocycles. The monoisotopic (exact) mass is 320 g/mol. The third-order valence-electron chi connectivity index (χ3n) is 3.85. The number of carbonyl (C=O) groups is 1. The first kappa shape index (κ1) is 16.5. The predicted molar refractivity (Wildman–Crippen MR) is 70.9 cm³/mol. The van der Waals surface area contributed by atoms with Gasteiger partial charge in [0.1, 0.15) is 5.82 Å². The molecule has 0 aromatic heterocycles. The summed E-state index contributed by atoms with van der Waals surface area (Å²) in [6.45, 7) is 0.599. The van der Waals surface area contributed by atoms with Gasteiger partial charge in [-0.05, 0) is 31.2 Å². The van der Waals surface area contributed by atoms with Gasteiger partial charge in [-0.1, -0.05) is 6.07 Å². The van der Waals surface area contributed by atoms with Crippen LogP contribution in [0.25, 0.3) is 0 Å². The Balaban J connectivity index is 2.12. The maximum Gasteiger partial charge on any atom is 0.416 e. The van der Waals surface area contributed by atoms with E-state index in [9.17, 15) is 22.4 Å². The molecule has 1 saturated heterocycles. The summed E-state index contributed by atoms with van der Waals surface area (Å²) in [5.74, 6) is -0.934. The summed E-state index contributed by atoms with van der Waals surface area (Å²) < 4.78 is 51.9. The summed E-state index contributed by atoms with van der Waals surface area (Å²) in [7, 11) is 1.64. The minimum absolute atomic E-state index is 0.0206. The lowest BCUT2D eigenvalue weighted by Crippen LogP contribution is -2.36. The lowest BCUT2D eigenvalue weighted by molar-refractivity contribution is -0.138. The molecule has 1 aromatic rings. The standard InChI is InChI=1S/C14H16F4N2O2/c1-19(11-4-5-20(8-11)13(21)22)7-9-2-3-10(15)6-12(9)14(16,17)18/h2-3,6,11H,4-5,7-8H2,1H3,(H,21,22). The normalized spacial score (nSPS) is 19.0. The SMILES string of the molecule is CN(Cc1ccc(F)cc1C(F)(F)F)C1CCN(C(=O)O)C1. The summed E-state index contributed by atoms with van der Waals surface area (Å²) in [4.78, 5) is 13.8. The molecule has 8 heteroatoms. The van der Waals surface area contributed by atoms with Gasteiger partial charge in [0.15, 0.2) is 0 Å². The molecule has 0 bridgehead atoms. The van der Waals surface area contributed by atoms with Crippen LogP contribution in [0.4, 0.5) is 22.4 Å². The zero-order valence-electron chi connectivity index (χ0n) is 11.9. The fourth-order valence-electron chi connectivity index (χ4n) is 2.62. The Hall–Kier alpha value is -1.83. The molecule has 0 aliphatic carbocycles. The molecular weight excluding hydrogens is 304 g/mol. The van der Waals surface area contributed by atoms with Gasteiger partial charge in [0, 0.05) is 25.7 Å². The number of hydrogen-bond donors (Lipinski definition) is 1. The van der Waals surface area contributed by atoms with Crippen molar-refractivity contribution in [1.29, 1.82) is 0 Å². The molecule has 0 radical (unpaired) electrons. The molecule has 1 unspecified atom stereocenters. The molecule has 1 aromatic carbocycles. The minimum atomic E-state index is -4.62. The first-order valence-electron chi connectivity index (χ1n) is 6.72. The first-order valence-corrected chi connectivity index (χ1v) is 6.72. The van der Waals surface area contributed by atoms with Crippen molar-refractivity contribution >= 4 is 6.09 Å². The van der Waals surface area contributed by atoms with Crippen LogP contribution in [0.1, 0.15) is 17.5 Å². The van der Waals surface area contributed by atoms with E-state index in [0.717, 1.165) is 12.1 Å². The highest BCUT2D eigenvalue weighted by molar-refractivity contribution is 5.65. The lowest BCUT2D eigenvalue weighted by Gasteiger charge is -2.25. The molecule has 2 rings (SSSR count). The van der Waals surface area contributed by atoms with Gasteiger partial charge in [-0.25, -0.2) is 9.18 Å². The van der Waals surface area contributed by atoms with Gasteiger partial charge in [-0.2, -0.15) is 13.2 Å². The topological polar surface area (TPSA) is 43.8 Å². The van der Waals surface area contributed by atoms with Gasteiger partial charge in [0.05, 0.1) is 5.56 Å². The van der Waals surface area contributed by atoms with Crippen LogP contribution in [0.15, 0.2) is 18.2 Å². The van der Waals surface area contributed by atoms with Crippen molar-refractivity contribution in [3.63, 3.8) is 0 Å². The number of halogens is 4. The number of likely N-dealkylation sites (tertiary alicyclic amines) is 1. The van der Waals surface area contributed by atoms with E-state index < -0.39 is 23.7 Å². The van der Waals surface area contributed by atoms with Crippen molar-refractivity contribution in [1.82, 2.24) is 9.80 Å². The second kappa shape index (κ2) is 6.12. The van der Waals surface area contributed by atoms with Crippen LogP contribution in [0, 0.1) is 5.82 Å². The van der Waals surface area contributed by atoms with E-state index in [-0.39, 0.29) is 24.7 Å². The summed E-state index contributed by atoms with van der Waals surface area (Å²) in [5, 5.41) is 8.90. The molecule has 4 nitrogen and oxygen atoms in total. The molecule has 0 spiro atoms. The third kappa shape index (κ3) is 3.68. The van der Waals surface area contributed by atoms with E-state index in [0.29, 0.717) is 19.0 Å². The molecule has 0 saturated carbocycles. The van der Waals surface area contributed by atoms with Gasteiger partial charge < -0.3 is 10.0 Å². The van der Waals surface area contributed by atoms with Crippen molar-refractivity contribution in [2.75, 3.05) is 20.1 Å². The largest absolute Gasteiger partial charge is 0.465 e. The number of rotatable bonds is 3. The molecule has 1 N–H and O–H groups in total. The Bertz CT molecular complexity index is 562. The van der Waals surface area contributed by atoms with E-state index in [4.69, 9.17) is 5.11 Å². The molecule has 22 heavy (non-hydrogen) atoms. The third-order valence-corrected chi connectivity index (χ3v) is 3.85. The van der Waals surface area contributed by atoms with Crippen molar-refractivity contribution in [2.24, 2.45) is 0 Å². The van der Waals surface area contributed by atoms with Crippen LogP contribution < -0.4 is 0 Å².